The Labute approximate surface area is 169 Å². The summed E-state index contributed by atoms with van der Waals surface area (Å²) in [6.45, 7) is 1.95. The second-order valence-corrected chi connectivity index (χ2v) is 7.23. The minimum atomic E-state index is -0.400. The molecule has 5 nitrogen and oxygen atoms in total. The number of fused-ring (bicyclic) bond motifs is 1. The molecule has 0 heterocycles. The molecule has 3 aromatic rings. The van der Waals surface area contributed by atoms with E-state index in [2.05, 4.69) is 10.6 Å². The van der Waals surface area contributed by atoms with Gasteiger partial charge in [-0.1, -0.05) is 54.1 Å². The number of benzene rings is 3. The van der Waals surface area contributed by atoms with Crippen LogP contribution in [0.15, 0.2) is 66.7 Å². The number of quaternary nitrogens is 1. The molecule has 0 saturated heterocycles. The first-order valence-corrected chi connectivity index (χ1v) is 9.48. The largest absolute Gasteiger partial charge is 0.321 e. The van der Waals surface area contributed by atoms with E-state index in [1.165, 1.54) is 0 Å². The van der Waals surface area contributed by atoms with Gasteiger partial charge in [0, 0.05) is 5.69 Å². The molecule has 3 aromatic carbocycles. The van der Waals surface area contributed by atoms with Gasteiger partial charge in [-0.3, -0.25) is 9.59 Å². The molecule has 3 rings (SSSR count). The highest BCUT2D eigenvalue weighted by molar-refractivity contribution is 6.33. The topological polar surface area (TPSA) is 62.6 Å². The van der Waals surface area contributed by atoms with Crippen molar-refractivity contribution in [2.75, 3.05) is 24.2 Å². The monoisotopic (exact) mass is 396 g/mol. The molecule has 0 aromatic heterocycles. The van der Waals surface area contributed by atoms with Crippen LogP contribution in [0.25, 0.3) is 10.8 Å². The Morgan fingerprint density at radius 3 is 2.39 bits per heavy atom. The van der Waals surface area contributed by atoms with Crippen LogP contribution in [-0.2, 0) is 9.59 Å². The van der Waals surface area contributed by atoms with Gasteiger partial charge in [-0.15, -0.1) is 0 Å². The summed E-state index contributed by atoms with van der Waals surface area (Å²) in [4.78, 5) is 25.7. The number of carbonyl (C=O) groups is 2. The predicted molar refractivity (Wildman–Crippen MR) is 114 cm³/mol. The third-order valence-corrected chi connectivity index (χ3v) is 5.07. The molecule has 0 aliphatic carbocycles. The summed E-state index contributed by atoms with van der Waals surface area (Å²) in [6, 6.07) is 20.4. The normalized spacial score (nSPS) is 13.0. The van der Waals surface area contributed by atoms with E-state index in [9.17, 15) is 9.59 Å². The van der Waals surface area contributed by atoms with Gasteiger partial charge in [0.15, 0.2) is 12.6 Å². The summed E-state index contributed by atoms with van der Waals surface area (Å²) in [7, 11) is 1.82. The molecule has 0 aliphatic heterocycles. The van der Waals surface area contributed by atoms with Crippen molar-refractivity contribution < 1.29 is 14.5 Å². The first-order chi connectivity index (χ1) is 13.4. The number of hydrogen-bond acceptors (Lipinski definition) is 2. The number of rotatable bonds is 6. The van der Waals surface area contributed by atoms with Crippen LogP contribution in [0.3, 0.4) is 0 Å². The van der Waals surface area contributed by atoms with Gasteiger partial charge in [0.1, 0.15) is 0 Å². The molecule has 0 radical (unpaired) electrons. The Bertz CT molecular complexity index is 1010. The van der Waals surface area contributed by atoms with Crippen LogP contribution < -0.4 is 15.5 Å². The van der Waals surface area contributed by atoms with Gasteiger partial charge >= 0.3 is 0 Å². The van der Waals surface area contributed by atoms with E-state index < -0.39 is 6.04 Å². The SMILES string of the molecule is C[C@@H](C(=O)Nc1ccc2ccccc2c1)[NH+](C)CC(=O)Nc1ccccc1Cl. The predicted octanol–water partition coefficient (Wildman–Crippen LogP) is 2.97. The van der Waals surface area contributed by atoms with E-state index in [1.54, 1.807) is 31.2 Å². The quantitative estimate of drug-likeness (QED) is 0.599. The van der Waals surface area contributed by atoms with Gasteiger partial charge in [-0.05, 0) is 42.0 Å². The molecule has 144 valence electrons. The highest BCUT2D eigenvalue weighted by atomic mass is 35.5. The van der Waals surface area contributed by atoms with Crippen molar-refractivity contribution in [1.29, 1.82) is 0 Å². The Balaban J connectivity index is 1.58. The van der Waals surface area contributed by atoms with Crippen molar-refractivity contribution in [3.63, 3.8) is 0 Å². The van der Waals surface area contributed by atoms with E-state index in [1.807, 2.05) is 49.5 Å². The molecule has 1 unspecified atom stereocenters. The maximum absolute atomic E-state index is 12.6. The molecular formula is C22H23ClN3O2+. The fourth-order valence-electron chi connectivity index (χ4n) is 2.90. The van der Waals surface area contributed by atoms with E-state index in [-0.39, 0.29) is 18.4 Å². The summed E-state index contributed by atoms with van der Waals surface area (Å²) in [5.74, 6) is -0.339. The second-order valence-electron chi connectivity index (χ2n) is 6.82. The fraction of sp³-hybridized carbons (Fsp3) is 0.182. The van der Waals surface area contributed by atoms with E-state index in [0.717, 1.165) is 21.4 Å². The first kappa shape index (κ1) is 19.9. The summed E-state index contributed by atoms with van der Waals surface area (Å²) in [6.07, 6.45) is 0. The zero-order chi connectivity index (χ0) is 20.1. The Hall–Kier alpha value is -2.89. The van der Waals surface area contributed by atoms with E-state index in [0.29, 0.717) is 10.7 Å². The van der Waals surface area contributed by atoms with Crippen LogP contribution in [0.1, 0.15) is 6.92 Å². The zero-order valence-corrected chi connectivity index (χ0v) is 16.6. The molecule has 0 aliphatic rings. The van der Waals surface area contributed by atoms with Crippen molar-refractivity contribution in [2.45, 2.75) is 13.0 Å². The zero-order valence-electron chi connectivity index (χ0n) is 15.8. The summed E-state index contributed by atoms with van der Waals surface area (Å²) < 4.78 is 0. The van der Waals surface area contributed by atoms with Crippen molar-refractivity contribution in [3.05, 3.63) is 71.8 Å². The van der Waals surface area contributed by atoms with Crippen LogP contribution in [0.4, 0.5) is 11.4 Å². The minimum absolute atomic E-state index is 0.140. The van der Waals surface area contributed by atoms with Crippen molar-refractivity contribution in [3.8, 4) is 0 Å². The lowest BCUT2D eigenvalue weighted by atomic mass is 10.1. The Morgan fingerprint density at radius 1 is 0.964 bits per heavy atom. The van der Waals surface area contributed by atoms with Gasteiger partial charge in [-0.2, -0.15) is 0 Å². The van der Waals surface area contributed by atoms with Gasteiger partial charge in [0.2, 0.25) is 0 Å². The van der Waals surface area contributed by atoms with E-state index >= 15 is 0 Å². The molecule has 6 heteroatoms. The average molecular weight is 397 g/mol. The summed E-state index contributed by atoms with van der Waals surface area (Å²) in [5.41, 5.74) is 1.30. The van der Waals surface area contributed by atoms with Crippen LogP contribution in [0.5, 0.6) is 0 Å². The molecule has 2 atom stereocenters. The highest BCUT2D eigenvalue weighted by Crippen LogP contribution is 2.20. The minimum Gasteiger partial charge on any atom is -0.321 e. The smallest absolute Gasteiger partial charge is 0.282 e. The lowest BCUT2D eigenvalue weighted by Crippen LogP contribution is -3.14. The molecule has 0 bridgehead atoms. The number of anilines is 2. The van der Waals surface area contributed by atoms with Crippen LogP contribution in [-0.4, -0.2) is 31.4 Å². The lowest BCUT2D eigenvalue weighted by Gasteiger charge is -2.21. The maximum Gasteiger partial charge on any atom is 0.282 e. The molecule has 2 amide bonds. The molecule has 0 saturated carbocycles. The fourth-order valence-corrected chi connectivity index (χ4v) is 3.09. The maximum atomic E-state index is 12.6. The number of likely N-dealkylation sites (N-methyl/N-ethyl adjacent to an activating group) is 1. The van der Waals surface area contributed by atoms with Gasteiger partial charge < -0.3 is 15.5 Å². The third kappa shape index (κ3) is 4.88. The molecule has 28 heavy (non-hydrogen) atoms. The molecular weight excluding hydrogens is 374 g/mol. The standard InChI is InChI=1S/C22H22ClN3O2/c1-15(26(2)14-21(27)25-20-10-6-5-9-19(20)23)22(28)24-18-12-11-16-7-3-4-8-17(16)13-18/h3-13,15H,14H2,1-2H3,(H,24,28)(H,25,27)/p+1/t15-/m0/s1. The Morgan fingerprint density at radius 2 is 1.64 bits per heavy atom. The number of nitrogens with one attached hydrogen (secondary N) is 3. The van der Waals surface area contributed by atoms with Crippen LogP contribution in [0.2, 0.25) is 5.02 Å². The van der Waals surface area contributed by atoms with Gasteiger partial charge in [0.25, 0.3) is 11.8 Å². The summed E-state index contributed by atoms with van der Waals surface area (Å²) in [5, 5.41) is 8.38. The molecule has 0 fully saturated rings. The van der Waals surface area contributed by atoms with Crippen LogP contribution >= 0.6 is 11.6 Å². The van der Waals surface area contributed by atoms with Crippen molar-refractivity contribution in [1.82, 2.24) is 0 Å². The molecule has 3 N–H and O–H groups in total. The van der Waals surface area contributed by atoms with Gasteiger partial charge in [0.05, 0.1) is 17.8 Å². The number of amides is 2. The molecule has 0 spiro atoms. The average Bonchev–Trinajstić information content (AvgIpc) is 2.69. The van der Waals surface area contributed by atoms with Crippen molar-refractivity contribution in [2.24, 2.45) is 0 Å². The third-order valence-electron chi connectivity index (χ3n) is 4.74. The number of hydrogen-bond donors (Lipinski definition) is 3. The van der Waals surface area contributed by atoms with Gasteiger partial charge in [-0.25, -0.2) is 0 Å². The highest BCUT2D eigenvalue weighted by Gasteiger charge is 2.24. The van der Waals surface area contributed by atoms with E-state index in [4.69, 9.17) is 11.6 Å². The number of para-hydroxylation sites is 1. The van der Waals surface area contributed by atoms with Crippen LogP contribution in [0, 0.1) is 0 Å². The Kier molecular flexibility index (Phi) is 6.29. The lowest BCUT2D eigenvalue weighted by molar-refractivity contribution is -0.885. The van der Waals surface area contributed by atoms with Crippen molar-refractivity contribution >= 4 is 45.6 Å². The number of carbonyl (C=O) groups excluding carboxylic acids is 2. The second kappa shape index (κ2) is 8.87. The number of halogens is 1. The first-order valence-electron chi connectivity index (χ1n) is 9.10. The summed E-state index contributed by atoms with van der Waals surface area (Å²) >= 11 is 6.06.